The van der Waals surface area contributed by atoms with E-state index in [4.69, 9.17) is 0 Å². The van der Waals surface area contributed by atoms with E-state index in [0.29, 0.717) is 11.3 Å². The summed E-state index contributed by atoms with van der Waals surface area (Å²) in [7, 11) is -3.89. The van der Waals surface area contributed by atoms with E-state index in [-0.39, 0.29) is 16.7 Å². The van der Waals surface area contributed by atoms with Crippen LogP contribution < -0.4 is 4.72 Å². The lowest BCUT2D eigenvalue weighted by atomic mass is 10.2. The van der Waals surface area contributed by atoms with Crippen molar-refractivity contribution in [2.75, 3.05) is 4.72 Å². The summed E-state index contributed by atoms with van der Waals surface area (Å²) in [6, 6.07) is 21.4. The highest BCUT2D eigenvalue weighted by molar-refractivity contribution is 9.10. The molecule has 0 saturated heterocycles. The Labute approximate surface area is 187 Å². The maximum absolute atomic E-state index is 13.1. The zero-order valence-electron chi connectivity index (χ0n) is 16.0. The molecule has 0 radical (unpaired) electrons. The van der Waals surface area contributed by atoms with Gasteiger partial charge >= 0.3 is 0 Å². The van der Waals surface area contributed by atoms with Gasteiger partial charge in [-0.05, 0) is 42.0 Å². The third-order valence-electron chi connectivity index (χ3n) is 4.31. The molecule has 0 saturated carbocycles. The molecule has 1 heterocycles. The topological polar surface area (TPSA) is 76.3 Å². The molecule has 4 rings (SSSR count). The standard InChI is InChI=1S/C22H16BrFN4O2S/c23-18-8-12-20(13-9-18)31(29,30)27-22-26-21(17-4-2-1-3-5-17)15-28(22)25-14-16-6-10-19(24)11-7-16/h1-15H,(H,26,27)/b25-14-. The number of sulfonamides is 1. The number of imidazole rings is 1. The molecule has 156 valence electrons. The van der Waals surface area contributed by atoms with Crippen molar-refractivity contribution in [1.29, 1.82) is 0 Å². The second-order valence-corrected chi connectivity index (χ2v) is 9.11. The SMILES string of the molecule is O=S(=O)(Nc1nc(-c2ccccc2)cn1/N=C\c1ccc(F)cc1)c1ccc(Br)cc1. The van der Waals surface area contributed by atoms with Crippen LogP contribution in [0.4, 0.5) is 10.3 Å². The van der Waals surface area contributed by atoms with E-state index in [1.165, 1.54) is 35.2 Å². The van der Waals surface area contributed by atoms with Gasteiger partial charge in [0.05, 0.1) is 23.0 Å². The molecule has 6 nitrogen and oxygen atoms in total. The number of anilines is 1. The van der Waals surface area contributed by atoms with E-state index < -0.39 is 10.0 Å². The smallest absolute Gasteiger partial charge is 0.247 e. The zero-order chi connectivity index (χ0) is 21.8. The van der Waals surface area contributed by atoms with Crippen molar-refractivity contribution in [3.63, 3.8) is 0 Å². The number of nitrogens with zero attached hydrogens (tertiary/aromatic N) is 3. The van der Waals surface area contributed by atoms with Gasteiger partial charge in [-0.3, -0.25) is 0 Å². The Morgan fingerprint density at radius 1 is 0.968 bits per heavy atom. The van der Waals surface area contributed by atoms with Crippen molar-refractivity contribution in [2.45, 2.75) is 4.90 Å². The van der Waals surface area contributed by atoms with E-state index in [9.17, 15) is 12.8 Å². The van der Waals surface area contributed by atoms with Crippen LogP contribution in [0.15, 0.2) is 99.5 Å². The van der Waals surface area contributed by atoms with Gasteiger partial charge in [0.2, 0.25) is 5.95 Å². The first-order valence-electron chi connectivity index (χ1n) is 9.14. The van der Waals surface area contributed by atoms with Crippen molar-refractivity contribution < 1.29 is 12.8 Å². The van der Waals surface area contributed by atoms with Gasteiger partial charge in [0.1, 0.15) is 5.82 Å². The fourth-order valence-corrected chi connectivity index (χ4v) is 4.00. The lowest BCUT2D eigenvalue weighted by molar-refractivity contribution is 0.600. The first kappa shape index (κ1) is 21.0. The highest BCUT2D eigenvalue weighted by Crippen LogP contribution is 2.23. The summed E-state index contributed by atoms with van der Waals surface area (Å²) >= 11 is 3.29. The summed E-state index contributed by atoms with van der Waals surface area (Å²) in [6.07, 6.45) is 3.11. The van der Waals surface area contributed by atoms with E-state index in [1.54, 1.807) is 30.5 Å². The van der Waals surface area contributed by atoms with Crippen molar-refractivity contribution in [3.8, 4) is 11.3 Å². The monoisotopic (exact) mass is 498 g/mol. The molecule has 1 aromatic heterocycles. The van der Waals surface area contributed by atoms with Gasteiger partial charge in [-0.1, -0.05) is 58.4 Å². The molecular formula is C22H16BrFN4O2S. The van der Waals surface area contributed by atoms with Gasteiger partial charge in [0, 0.05) is 10.0 Å². The molecule has 0 spiro atoms. The lowest BCUT2D eigenvalue weighted by Gasteiger charge is -2.07. The summed E-state index contributed by atoms with van der Waals surface area (Å²) in [6.45, 7) is 0. The molecule has 0 aliphatic heterocycles. The summed E-state index contributed by atoms with van der Waals surface area (Å²) in [5.41, 5.74) is 2.01. The number of benzene rings is 3. The Morgan fingerprint density at radius 3 is 2.32 bits per heavy atom. The number of halogens is 2. The normalized spacial score (nSPS) is 11.7. The van der Waals surface area contributed by atoms with Crippen LogP contribution in [0.25, 0.3) is 11.3 Å². The van der Waals surface area contributed by atoms with E-state index in [1.807, 2.05) is 30.3 Å². The van der Waals surface area contributed by atoms with Crippen molar-refractivity contribution >= 4 is 38.1 Å². The molecule has 3 aromatic carbocycles. The molecule has 0 aliphatic rings. The van der Waals surface area contributed by atoms with Crippen LogP contribution in [-0.4, -0.2) is 24.3 Å². The van der Waals surface area contributed by atoms with E-state index in [2.05, 4.69) is 30.7 Å². The molecule has 31 heavy (non-hydrogen) atoms. The Morgan fingerprint density at radius 2 is 1.65 bits per heavy atom. The van der Waals surface area contributed by atoms with Crippen molar-refractivity contribution in [3.05, 3.63) is 101 Å². The van der Waals surface area contributed by atoms with Crippen LogP contribution in [0.5, 0.6) is 0 Å². The maximum Gasteiger partial charge on any atom is 0.264 e. The minimum atomic E-state index is -3.89. The molecule has 0 fully saturated rings. The van der Waals surface area contributed by atoms with Crippen molar-refractivity contribution in [1.82, 2.24) is 9.66 Å². The number of nitrogens with one attached hydrogen (secondary N) is 1. The Kier molecular flexibility index (Phi) is 5.97. The Hall–Kier alpha value is -3.30. The van der Waals surface area contributed by atoms with Crippen LogP contribution in [0.1, 0.15) is 5.56 Å². The van der Waals surface area contributed by atoms with Crippen LogP contribution in [0.2, 0.25) is 0 Å². The average molecular weight is 499 g/mol. The summed E-state index contributed by atoms with van der Waals surface area (Å²) in [4.78, 5) is 4.52. The van der Waals surface area contributed by atoms with Gasteiger partial charge < -0.3 is 0 Å². The predicted molar refractivity (Wildman–Crippen MR) is 122 cm³/mol. The third kappa shape index (κ3) is 5.07. The molecular weight excluding hydrogens is 483 g/mol. The summed E-state index contributed by atoms with van der Waals surface area (Å²) in [5.74, 6) is -0.325. The fraction of sp³-hybridized carbons (Fsp3) is 0. The van der Waals surface area contributed by atoms with Crippen LogP contribution >= 0.6 is 15.9 Å². The molecule has 0 unspecified atom stereocenters. The van der Waals surface area contributed by atoms with Gasteiger partial charge in [-0.2, -0.15) is 5.10 Å². The molecule has 0 amide bonds. The number of hydrogen-bond donors (Lipinski definition) is 1. The predicted octanol–water partition coefficient (Wildman–Crippen LogP) is 5.13. The third-order valence-corrected chi connectivity index (χ3v) is 6.18. The number of aromatic nitrogens is 2. The highest BCUT2D eigenvalue weighted by atomic mass is 79.9. The molecule has 1 N–H and O–H groups in total. The second-order valence-electron chi connectivity index (χ2n) is 6.52. The largest absolute Gasteiger partial charge is 0.264 e. The van der Waals surface area contributed by atoms with Crippen molar-refractivity contribution in [2.24, 2.45) is 5.10 Å². The quantitative estimate of drug-likeness (QED) is 0.374. The minimum Gasteiger partial charge on any atom is -0.247 e. The molecule has 9 heteroatoms. The highest BCUT2D eigenvalue weighted by Gasteiger charge is 2.19. The first-order valence-corrected chi connectivity index (χ1v) is 11.4. The zero-order valence-corrected chi connectivity index (χ0v) is 18.4. The molecule has 0 bridgehead atoms. The van der Waals surface area contributed by atoms with Crippen LogP contribution in [0, 0.1) is 5.82 Å². The van der Waals surface area contributed by atoms with Gasteiger partial charge in [-0.25, -0.2) is 27.2 Å². The summed E-state index contributed by atoms with van der Waals surface area (Å²) in [5, 5.41) is 4.32. The van der Waals surface area contributed by atoms with Crippen LogP contribution in [-0.2, 0) is 10.0 Å². The van der Waals surface area contributed by atoms with Gasteiger partial charge in [0.25, 0.3) is 10.0 Å². The lowest BCUT2D eigenvalue weighted by Crippen LogP contribution is -2.15. The van der Waals surface area contributed by atoms with Crippen LogP contribution in [0.3, 0.4) is 0 Å². The molecule has 0 aliphatic carbocycles. The Balaban J connectivity index is 1.71. The maximum atomic E-state index is 13.1. The number of hydrogen-bond acceptors (Lipinski definition) is 4. The van der Waals surface area contributed by atoms with Gasteiger partial charge in [0.15, 0.2) is 0 Å². The Bertz CT molecular complexity index is 1320. The molecule has 0 atom stereocenters. The second kappa shape index (κ2) is 8.83. The van der Waals surface area contributed by atoms with Gasteiger partial charge in [-0.15, -0.1) is 0 Å². The molecule has 4 aromatic rings. The average Bonchev–Trinajstić information content (AvgIpc) is 3.16. The minimum absolute atomic E-state index is 0.0279. The fourth-order valence-electron chi connectivity index (χ4n) is 2.75. The number of rotatable bonds is 6. The summed E-state index contributed by atoms with van der Waals surface area (Å²) < 4.78 is 43.4. The first-order chi connectivity index (χ1) is 14.9. The van der Waals surface area contributed by atoms with E-state index in [0.717, 1.165) is 10.0 Å². The van der Waals surface area contributed by atoms with E-state index >= 15 is 0 Å².